The fourth-order valence-electron chi connectivity index (χ4n) is 2.61. The van der Waals surface area contributed by atoms with E-state index in [0.29, 0.717) is 31.9 Å². The number of hydrogen-bond acceptors (Lipinski definition) is 5. The minimum atomic E-state index is -4.37. The molecule has 0 radical (unpaired) electrons. The number of nitrogens with zero attached hydrogens (tertiary/aromatic N) is 2. The summed E-state index contributed by atoms with van der Waals surface area (Å²) < 4.78 is 43.1. The predicted octanol–water partition coefficient (Wildman–Crippen LogP) is 2.65. The molecule has 0 aromatic heterocycles. The van der Waals surface area contributed by atoms with Gasteiger partial charge in [-0.25, -0.2) is 0 Å². The second kappa shape index (κ2) is 8.66. The first kappa shape index (κ1) is 20.4. The topological polar surface area (TPSA) is 49.9 Å². The Morgan fingerprint density at radius 1 is 1.23 bits per heavy atom. The lowest BCUT2D eigenvalue weighted by molar-refractivity contribution is -0.139. The van der Waals surface area contributed by atoms with E-state index in [1.807, 2.05) is 4.90 Å². The SMILES string of the molecule is COC(=O)C(C)SCC(=O)N1CCN(c2cccc(C(F)(F)F)c2)CC1. The van der Waals surface area contributed by atoms with Crippen molar-refractivity contribution in [3.63, 3.8) is 0 Å². The molecule has 0 bridgehead atoms. The lowest BCUT2D eigenvalue weighted by Gasteiger charge is -2.36. The van der Waals surface area contributed by atoms with Gasteiger partial charge in [0, 0.05) is 31.9 Å². The van der Waals surface area contributed by atoms with Gasteiger partial charge in [0.15, 0.2) is 0 Å². The number of amides is 1. The molecule has 1 unspecified atom stereocenters. The monoisotopic (exact) mass is 390 g/mol. The number of methoxy groups -OCH3 is 1. The number of hydrogen-bond donors (Lipinski definition) is 0. The van der Waals surface area contributed by atoms with E-state index < -0.39 is 17.0 Å². The van der Waals surface area contributed by atoms with Crippen molar-refractivity contribution in [2.24, 2.45) is 0 Å². The average Bonchev–Trinajstić information content (AvgIpc) is 2.64. The Hall–Kier alpha value is -1.90. The largest absolute Gasteiger partial charge is 0.468 e. The van der Waals surface area contributed by atoms with Gasteiger partial charge >= 0.3 is 12.1 Å². The summed E-state index contributed by atoms with van der Waals surface area (Å²) in [6.45, 7) is 3.47. The molecule has 9 heteroatoms. The Bertz CT molecular complexity index is 646. The molecule has 1 aromatic carbocycles. The first-order valence-corrected chi connectivity index (χ1v) is 9.16. The Kier molecular flexibility index (Phi) is 6.80. The zero-order chi connectivity index (χ0) is 19.3. The summed E-state index contributed by atoms with van der Waals surface area (Å²) >= 11 is 1.21. The molecule has 1 aromatic rings. The van der Waals surface area contributed by atoms with E-state index in [9.17, 15) is 22.8 Å². The second-order valence-electron chi connectivity index (χ2n) is 5.89. The number of anilines is 1. The fourth-order valence-corrected chi connectivity index (χ4v) is 3.42. The standard InChI is InChI=1S/C17H21F3N2O3S/c1-12(16(24)25-2)26-11-15(23)22-8-6-21(7-9-22)14-5-3-4-13(10-14)17(18,19)20/h3-5,10,12H,6-9,11H2,1-2H3. The number of piperazine rings is 1. The quantitative estimate of drug-likeness (QED) is 0.724. The maximum Gasteiger partial charge on any atom is 0.416 e. The molecule has 1 atom stereocenters. The molecule has 1 saturated heterocycles. The van der Waals surface area contributed by atoms with E-state index in [4.69, 9.17) is 0 Å². The van der Waals surface area contributed by atoms with Gasteiger partial charge in [0.2, 0.25) is 5.91 Å². The van der Waals surface area contributed by atoms with Gasteiger partial charge in [-0.2, -0.15) is 13.2 Å². The van der Waals surface area contributed by atoms with Crippen molar-refractivity contribution in [1.29, 1.82) is 0 Å². The molecule has 1 aliphatic heterocycles. The van der Waals surface area contributed by atoms with Crippen molar-refractivity contribution in [3.8, 4) is 0 Å². The number of rotatable bonds is 5. The molecule has 0 aliphatic carbocycles. The van der Waals surface area contributed by atoms with E-state index in [1.165, 1.54) is 24.9 Å². The molecule has 0 saturated carbocycles. The van der Waals surface area contributed by atoms with Gasteiger partial charge in [0.05, 0.1) is 18.4 Å². The van der Waals surface area contributed by atoms with Crippen LogP contribution in [0.3, 0.4) is 0 Å². The summed E-state index contributed by atoms with van der Waals surface area (Å²) in [5.41, 5.74) is -0.178. The molecular formula is C17H21F3N2O3S. The summed E-state index contributed by atoms with van der Waals surface area (Å²) in [4.78, 5) is 27.1. The minimum Gasteiger partial charge on any atom is -0.468 e. The Morgan fingerprint density at radius 3 is 2.46 bits per heavy atom. The van der Waals surface area contributed by atoms with E-state index in [2.05, 4.69) is 4.74 Å². The number of ether oxygens (including phenoxy) is 1. The van der Waals surface area contributed by atoms with Crippen LogP contribution in [0, 0.1) is 0 Å². The van der Waals surface area contributed by atoms with Crippen molar-refractivity contribution in [2.45, 2.75) is 18.3 Å². The highest BCUT2D eigenvalue weighted by atomic mass is 32.2. The number of thioether (sulfide) groups is 1. The molecule has 26 heavy (non-hydrogen) atoms. The van der Waals surface area contributed by atoms with Crippen molar-refractivity contribution in [1.82, 2.24) is 4.90 Å². The first-order chi connectivity index (χ1) is 12.2. The van der Waals surface area contributed by atoms with Gasteiger partial charge in [0.1, 0.15) is 5.25 Å². The normalized spacial score (nSPS) is 16.3. The van der Waals surface area contributed by atoms with Crippen LogP contribution in [0.1, 0.15) is 12.5 Å². The van der Waals surface area contributed by atoms with Crippen LogP contribution in [0.25, 0.3) is 0 Å². The molecule has 0 N–H and O–H groups in total. The third kappa shape index (κ3) is 5.30. The summed E-state index contributed by atoms with van der Waals surface area (Å²) in [6, 6.07) is 5.20. The summed E-state index contributed by atoms with van der Waals surface area (Å²) in [7, 11) is 1.30. The highest BCUT2D eigenvalue weighted by molar-refractivity contribution is 8.01. The van der Waals surface area contributed by atoms with Crippen LogP contribution in [0.2, 0.25) is 0 Å². The van der Waals surface area contributed by atoms with Gasteiger partial charge in [0.25, 0.3) is 0 Å². The van der Waals surface area contributed by atoms with Crippen LogP contribution in [-0.2, 0) is 20.5 Å². The lowest BCUT2D eigenvalue weighted by atomic mass is 10.1. The predicted molar refractivity (Wildman–Crippen MR) is 94.2 cm³/mol. The van der Waals surface area contributed by atoms with Crippen LogP contribution in [0.5, 0.6) is 0 Å². The zero-order valence-electron chi connectivity index (χ0n) is 14.6. The molecule has 1 aliphatic rings. The van der Waals surface area contributed by atoms with Gasteiger partial charge in [-0.1, -0.05) is 6.07 Å². The first-order valence-electron chi connectivity index (χ1n) is 8.12. The van der Waals surface area contributed by atoms with E-state index in [0.717, 1.165) is 12.1 Å². The zero-order valence-corrected chi connectivity index (χ0v) is 15.4. The van der Waals surface area contributed by atoms with Crippen LogP contribution < -0.4 is 4.90 Å². The molecular weight excluding hydrogens is 369 g/mol. The van der Waals surface area contributed by atoms with Crippen LogP contribution in [0.4, 0.5) is 18.9 Å². The minimum absolute atomic E-state index is 0.0885. The summed E-state index contributed by atoms with van der Waals surface area (Å²) in [5, 5.41) is -0.421. The molecule has 1 fully saturated rings. The van der Waals surface area contributed by atoms with Crippen molar-refractivity contribution >= 4 is 29.3 Å². The van der Waals surface area contributed by atoms with Crippen LogP contribution in [0.15, 0.2) is 24.3 Å². The second-order valence-corrected chi connectivity index (χ2v) is 7.22. The maximum atomic E-state index is 12.8. The number of esters is 1. The lowest BCUT2D eigenvalue weighted by Crippen LogP contribution is -2.49. The summed E-state index contributed by atoms with van der Waals surface area (Å²) in [5.74, 6) is -0.300. The van der Waals surface area contributed by atoms with Crippen LogP contribution in [-0.4, -0.2) is 61.1 Å². The number of benzene rings is 1. The number of halogens is 3. The van der Waals surface area contributed by atoms with Gasteiger partial charge in [-0.05, 0) is 25.1 Å². The van der Waals surface area contributed by atoms with Gasteiger partial charge in [-0.3, -0.25) is 9.59 Å². The van der Waals surface area contributed by atoms with Crippen molar-refractivity contribution in [3.05, 3.63) is 29.8 Å². The molecule has 5 nitrogen and oxygen atoms in total. The summed E-state index contributed by atoms with van der Waals surface area (Å²) in [6.07, 6.45) is -4.37. The van der Waals surface area contributed by atoms with E-state index in [1.54, 1.807) is 17.9 Å². The molecule has 1 amide bonds. The Labute approximate surface area is 154 Å². The number of carbonyl (C=O) groups excluding carboxylic acids is 2. The number of alkyl halides is 3. The Morgan fingerprint density at radius 2 is 1.88 bits per heavy atom. The number of carbonyl (C=O) groups is 2. The van der Waals surface area contributed by atoms with E-state index in [-0.39, 0.29) is 17.6 Å². The van der Waals surface area contributed by atoms with Crippen molar-refractivity contribution in [2.75, 3.05) is 43.9 Å². The highest BCUT2D eigenvalue weighted by Crippen LogP contribution is 2.31. The molecule has 0 spiro atoms. The Balaban J connectivity index is 1.87. The molecule has 144 valence electrons. The van der Waals surface area contributed by atoms with Crippen molar-refractivity contribution < 1.29 is 27.5 Å². The smallest absolute Gasteiger partial charge is 0.416 e. The van der Waals surface area contributed by atoms with Crippen LogP contribution >= 0.6 is 11.8 Å². The fraction of sp³-hybridized carbons (Fsp3) is 0.529. The van der Waals surface area contributed by atoms with E-state index >= 15 is 0 Å². The van der Waals surface area contributed by atoms with Gasteiger partial charge in [-0.15, -0.1) is 11.8 Å². The third-order valence-corrected chi connectivity index (χ3v) is 5.27. The average molecular weight is 390 g/mol. The highest BCUT2D eigenvalue weighted by Gasteiger charge is 2.31. The molecule has 1 heterocycles. The van der Waals surface area contributed by atoms with Gasteiger partial charge < -0.3 is 14.5 Å². The maximum absolute atomic E-state index is 12.8. The molecule has 2 rings (SSSR count). The third-order valence-electron chi connectivity index (χ3n) is 4.16.